The molecule has 0 aromatic heterocycles. The molecule has 0 radical (unpaired) electrons. The lowest BCUT2D eigenvalue weighted by Gasteiger charge is -2.40. The van der Waals surface area contributed by atoms with E-state index >= 15 is 0 Å². The highest BCUT2D eigenvalue weighted by molar-refractivity contribution is 8.00. The smallest absolute Gasteiger partial charge is 0.320 e. The number of carbonyl (C=O) groups is 2. The van der Waals surface area contributed by atoms with Crippen LogP contribution in [-0.2, 0) is 4.79 Å². The van der Waals surface area contributed by atoms with Crippen LogP contribution in [0, 0.1) is 0 Å². The average Bonchev–Trinajstić information content (AvgIpc) is 2.79. The number of amides is 2. The molecule has 2 amide bonds. The quantitative estimate of drug-likeness (QED) is 0.842. The molecule has 108 valence electrons. The first-order valence-corrected chi connectivity index (χ1v) is 7.96. The molecular formula is C13H22N2O3S. The van der Waals surface area contributed by atoms with Crippen molar-refractivity contribution in [3.8, 4) is 0 Å². The molecule has 2 aliphatic rings. The second-order valence-corrected chi connectivity index (χ2v) is 6.86. The van der Waals surface area contributed by atoms with Gasteiger partial charge >= 0.3 is 12.0 Å². The number of thioether (sulfide) groups is 1. The van der Waals surface area contributed by atoms with Gasteiger partial charge in [-0.3, -0.25) is 4.79 Å². The molecule has 1 N–H and O–H groups in total. The maximum atomic E-state index is 12.6. The maximum absolute atomic E-state index is 12.6. The van der Waals surface area contributed by atoms with Crippen molar-refractivity contribution in [2.45, 2.75) is 50.4 Å². The van der Waals surface area contributed by atoms with Crippen LogP contribution in [0.3, 0.4) is 0 Å². The number of hydrogen-bond acceptors (Lipinski definition) is 3. The van der Waals surface area contributed by atoms with E-state index < -0.39 is 5.97 Å². The Balaban J connectivity index is 2.03. The van der Waals surface area contributed by atoms with Gasteiger partial charge in [0, 0.05) is 36.2 Å². The number of carboxylic acid groups (broad SMARTS) is 1. The molecule has 2 saturated heterocycles. The number of hydrogen-bond donors (Lipinski definition) is 1. The lowest BCUT2D eigenvalue weighted by Crippen LogP contribution is -2.54. The highest BCUT2D eigenvalue weighted by Gasteiger charge is 2.37. The lowest BCUT2D eigenvalue weighted by molar-refractivity contribution is -0.138. The van der Waals surface area contributed by atoms with Gasteiger partial charge in [0.25, 0.3) is 0 Å². The molecule has 0 aromatic rings. The molecule has 2 aliphatic heterocycles. The van der Waals surface area contributed by atoms with Crippen LogP contribution in [-0.4, -0.2) is 63.1 Å². The van der Waals surface area contributed by atoms with E-state index in [0.717, 1.165) is 25.1 Å². The summed E-state index contributed by atoms with van der Waals surface area (Å²) < 4.78 is 0. The van der Waals surface area contributed by atoms with Gasteiger partial charge in [0.1, 0.15) is 0 Å². The fourth-order valence-corrected chi connectivity index (χ4v) is 3.97. The van der Waals surface area contributed by atoms with Crippen molar-refractivity contribution in [3.05, 3.63) is 0 Å². The van der Waals surface area contributed by atoms with Crippen LogP contribution >= 0.6 is 11.8 Å². The van der Waals surface area contributed by atoms with Crippen LogP contribution in [0.15, 0.2) is 0 Å². The zero-order valence-electron chi connectivity index (χ0n) is 11.5. The Morgan fingerprint density at radius 1 is 1.26 bits per heavy atom. The predicted molar refractivity (Wildman–Crippen MR) is 75.5 cm³/mol. The minimum Gasteiger partial charge on any atom is -0.481 e. The molecule has 6 heteroatoms. The number of aliphatic carboxylic acids is 1. The van der Waals surface area contributed by atoms with Crippen molar-refractivity contribution in [1.29, 1.82) is 0 Å². The van der Waals surface area contributed by atoms with Crippen molar-refractivity contribution >= 4 is 23.8 Å². The van der Waals surface area contributed by atoms with Gasteiger partial charge in [-0.25, -0.2) is 4.79 Å². The number of likely N-dealkylation sites (tertiary alicyclic amines) is 1. The Morgan fingerprint density at radius 3 is 2.68 bits per heavy atom. The summed E-state index contributed by atoms with van der Waals surface area (Å²) in [5.41, 5.74) is 0. The van der Waals surface area contributed by atoms with Gasteiger partial charge in [-0.15, -0.1) is 0 Å². The molecule has 0 aromatic carbocycles. The van der Waals surface area contributed by atoms with E-state index in [1.54, 1.807) is 4.90 Å². The molecule has 3 atom stereocenters. The van der Waals surface area contributed by atoms with E-state index in [0.29, 0.717) is 11.8 Å². The third-order valence-corrected chi connectivity index (χ3v) is 5.50. The minimum atomic E-state index is -0.819. The van der Waals surface area contributed by atoms with E-state index in [-0.39, 0.29) is 24.5 Å². The van der Waals surface area contributed by atoms with Crippen molar-refractivity contribution in [1.82, 2.24) is 9.80 Å². The summed E-state index contributed by atoms with van der Waals surface area (Å²) in [6.07, 6.45) is 1.79. The topological polar surface area (TPSA) is 60.9 Å². The van der Waals surface area contributed by atoms with Crippen LogP contribution in [0.5, 0.6) is 0 Å². The molecule has 2 heterocycles. The summed E-state index contributed by atoms with van der Waals surface area (Å²) in [6, 6.07) is 0.128. The molecule has 2 fully saturated rings. The number of rotatable bonds is 2. The van der Waals surface area contributed by atoms with Crippen LogP contribution in [0.4, 0.5) is 4.79 Å². The maximum Gasteiger partial charge on any atom is 0.320 e. The molecule has 0 spiro atoms. The standard InChI is InChI=1S/C13H22N2O3S/c1-9-10(2)19-7-6-14(9)13(18)15-5-3-4-11(15)8-12(16)17/h9-11H,3-8H2,1-2H3,(H,16,17). The molecule has 0 aliphatic carbocycles. The van der Waals surface area contributed by atoms with E-state index in [9.17, 15) is 9.59 Å². The Morgan fingerprint density at radius 2 is 2.00 bits per heavy atom. The molecule has 0 saturated carbocycles. The number of carboxylic acids is 1. The normalized spacial score (nSPS) is 31.6. The van der Waals surface area contributed by atoms with Gasteiger partial charge in [0.2, 0.25) is 0 Å². The first-order chi connectivity index (χ1) is 9.00. The van der Waals surface area contributed by atoms with E-state index in [1.165, 1.54) is 0 Å². The third kappa shape index (κ3) is 3.16. The Hall–Kier alpha value is -0.910. The van der Waals surface area contributed by atoms with E-state index in [2.05, 4.69) is 13.8 Å². The van der Waals surface area contributed by atoms with Crippen molar-refractivity contribution in [2.24, 2.45) is 0 Å². The van der Waals surface area contributed by atoms with Gasteiger partial charge in [-0.1, -0.05) is 6.92 Å². The predicted octanol–water partition coefficient (Wildman–Crippen LogP) is 1.87. The molecular weight excluding hydrogens is 264 g/mol. The fraction of sp³-hybridized carbons (Fsp3) is 0.846. The van der Waals surface area contributed by atoms with Gasteiger partial charge in [0.15, 0.2) is 0 Å². The first-order valence-electron chi connectivity index (χ1n) is 6.91. The van der Waals surface area contributed by atoms with Crippen LogP contribution in [0.25, 0.3) is 0 Å². The van der Waals surface area contributed by atoms with E-state index in [4.69, 9.17) is 5.11 Å². The minimum absolute atomic E-state index is 0.0309. The van der Waals surface area contributed by atoms with Gasteiger partial charge in [-0.05, 0) is 19.8 Å². The van der Waals surface area contributed by atoms with Crippen LogP contribution in [0.2, 0.25) is 0 Å². The molecule has 0 bridgehead atoms. The lowest BCUT2D eigenvalue weighted by atomic mass is 10.1. The summed E-state index contributed by atoms with van der Waals surface area (Å²) in [4.78, 5) is 27.1. The van der Waals surface area contributed by atoms with Gasteiger partial charge in [-0.2, -0.15) is 11.8 Å². The largest absolute Gasteiger partial charge is 0.481 e. The fourth-order valence-electron chi connectivity index (χ4n) is 2.87. The third-order valence-electron chi connectivity index (χ3n) is 4.16. The summed E-state index contributed by atoms with van der Waals surface area (Å²) in [6.45, 7) is 5.69. The summed E-state index contributed by atoms with van der Waals surface area (Å²) in [5.74, 6) is 0.148. The summed E-state index contributed by atoms with van der Waals surface area (Å²) >= 11 is 1.89. The van der Waals surface area contributed by atoms with Gasteiger partial charge < -0.3 is 14.9 Å². The first kappa shape index (κ1) is 14.5. The van der Waals surface area contributed by atoms with Crippen LogP contribution in [0.1, 0.15) is 33.1 Å². The SMILES string of the molecule is CC1SCCN(C(=O)N2CCCC2CC(=O)O)C1C. The average molecular weight is 286 g/mol. The summed E-state index contributed by atoms with van der Waals surface area (Å²) in [7, 11) is 0. The zero-order chi connectivity index (χ0) is 14.0. The van der Waals surface area contributed by atoms with E-state index in [1.807, 2.05) is 16.7 Å². The molecule has 5 nitrogen and oxygen atoms in total. The van der Waals surface area contributed by atoms with Gasteiger partial charge in [0.05, 0.1) is 6.42 Å². The highest BCUT2D eigenvalue weighted by atomic mass is 32.2. The monoisotopic (exact) mass is 286 g/mol. The van der Waals surface area contributed by atoms with Crippen molar-refractivity contribution in [3.63, 3.8) is 0 Å². The molecule has 2 rings (SSSR count). The number of carbonyl (C=O) groups excluding carboxylic acids is 1. The van der Waals surface area contributed by atoms with Crippen molar-refractivity contribution in [2.75, 3.05) is 18.8 Å². The molecule has 3 unspecified atom stereocenters. The second kappa shape index (κ2) is 6.03. The Bertz CT molecular complexity index is 364. The molecule has 19 heavy (non-hydrogen) atoms. The number of urea groups is 1. The van der Waals surface area contributed by atoms with Crippen molar-refractivity contribution < 1.29 is 14.7 Å². The number of nitrogens with zero attached hydrogens (tertiary/aromatic N) is 2. The summed E-state index contributed by atoms with van der Waals surface area (Å²) in [5, 5.41) is 9.37. The Kier molecular flexibility index (Phi) is 4.60. The Labute approximate surface area is 118 Å². The van der Waals surface area contributed by atoms with Crippen LogP contribution < -0.4 is 0 Å². The second-order valence-electron chi connectivity index (χ2n) is 5.38. The zero-order valence-corrected chi connectivity index (χ0v) is 12.4. The highest BCUT2D eigenvalue weighted by Crippen LogP contribution is 2.28.